The molecular formula is C5H3Cl2N2O2-. The molecule has 6 heteroatoms. The second-order valence-electron chi connectivity index (χ2n) is 1.74. The van der Waals surface area contributed by atoms with E-state index in [1.807, 2.05) is 0 Å². The van der Waals surface area contributed by atoms with Crippen molar-refractivity contribution in [2.75, 3.05) is 5.23 Å². The SMILES string of the molecule is [O-]N(O)c1cc(Cl)cnc1Cl. The highest BCUT2D eigenvalue weighted by atomic mass is 35.5. The first-order valence-electron chi connectivity index (χ1n) is 2.58. The normalized spacial score (nSPS) is 9.82. The second-order valence-corrected chi connectivity index (χ2v) is 2.53. The molecule has 1 aromatic rings. The highest BCUT2D eigenvalue weighted by Gasteiger charge is 2.01. The van der Waals surface area contributed by atoms with Gasteiger partial charge in [0.05, 0.1) is 10.7 Å². The Morgan fingerprint density at radius 2 is 2.18 bits per heavy atom. The zero-order chi connectivity index (χ0) is 8.43. The summed E-state index contributed by atoms with van der Waals surface area (Å²) in [5.41, 5.74) is -0.167. The molecule has 0 saturated carbocycles. The Hall–Kier alpha value is -0.550. The molecule has 1 aromatic heterocycles. The maximum Gasteiger partial charge on any atom is 0.153 e. The molecule has 1 heterocycles. The number of rotatable bonds is 1. The van der Waals surface area contributed by atoms with Crippen molar-refractivity contribution in [3.8, 4) is 0 Å². The third kappa shape index (κ3) is 1.94. The summed E-state index contributed by atoms with van der Waals surface area (Å²) >= 11 is 10.9. The van der Waals surface area contributed by atoms with Gasteiger partial charge >= 0.3 is 0 Å². The fraction of sp³-hybridized carbons (Fsp3) is 0. The van der Waals surface area contributed by atoms with E-state index in [0.29, 0.717) is 0 Å². The van der Waals surface area contributed by atoms with Crippen LogP contribution in [0, 0.1) is 5.21 Å². The fourth-order valence-corrected chi connectivity index (χ4v) is 0.874. The summed E-state index contributed by atoms with van der Waals surface area (Å²) in [6, 6.07) is 1.21. The standard InChI is InChI=1S/C5H3Cl2N2O2/c6-3-1-4(9(10)11)5(7)8-2-3/h1-2,10H/q-1. The van der Waals surface area contributed by atoms with E-state index in [-0.39, 0.29) is 21.1 Å². The summed E-state index contributed by atoms with van der Waals surface area (Å²) < 4.78 is 0. The van der Waals surface area contributed by atoms with Gasteiger partial charge < -0.3 is 10.4 Å². The smallest absolute Gasteiger partial charge is 0.153 e. The van der Waals surface area contributed by atoms with Crippen molar-refractivity contribution in [3.63, 3.8) is 0 Å². The molecule has 0 radical (unpaired) electrons. The van der Waals surface area contributed by atoms with Crippen molar-refractivity contribution in [1.29, 1.82) is 0 Å². The van der Waals surface area contributed by atoms with Crippen LogP contribution in [-0.4, -0.2) is 10.2 Å². The first-order valence-corrected chi connectivity index (χ1v) is 3.34. The Balaban J connectivity index is 3.13. The van der Waals surface area contributed by atoms with E-state index in [0.717, 1.165) is 0 Å². The number of hydrogen-bond acceptors (Lipinski definition) is 4. The largest absolute Gasteiger partial charge is 0.733 e. The Morgan fingerprint density at radius 1 is 1.55 bits per heavy atom. The number of aromatic nitrogens is 1. The molecular weight excluding hydrogens is 191 g/mol. The lowest BCUT2D eigenvalue weighted by molar-refractivity contribution is 0.296. The van der Waals surface area contributed by atoms with E-state index in [1.165, 1.54) is 12.3 Å². The molecule has 0 aliphatic heterocycles. The molecule has 0 aliphatic carbocycles. The van der Waals surface area contributed by atoms with E-state index in [9.17, 15) is 5.21 Å². The van der Waals surface area contributed by atoms with Gasteiger partial charge in [0.15, 0.2) is 5.15 Å². The molecule has 0 unspecified atom stereocenters. The molecule has 4 nitrogen and oxygen atoms in total. The topological polar surface area (TPSA) is 59.4 Å². The van der Waals surface area contributed by atoms with Gasteiger partial charge in [-0.1, -0.05) is 23.2 Å². The van der Waals surface area contributed by atoms with E-state index in [4.69, 9.17) is 28.4 Å². The molecule has 0 aliphatic rings. The van der Waals surface area contributed by atoms with Crippen LogP contribution >= 0.6 is 23.2 Å². The van der Waals surface area contributed by atoms with Crippen LogP contribution in [0.15, 0.2) is 12.3 Å². The summed E-state index contributed by atoms with van der Waals surface area (Å²) in [5, 5.41) is 18.5. The summed E-state index contributed by atoms with van der Waals surface area (Å²) in [7, 11) is 0. The molecule has 0 atom stereocenters. The van der Waals surface area contributed by atoms with Crippen LogP contribution in [0.4, 0.5) is 5.69 Å². The molecule has 11 heavy (non-hydrogen) atoms. The molecule has 0 aromatic carbocycles. The highest BCUT2D eigenvalue weighted by Crippen LogP contribution is 2.24. The van der Waals surface area contributed by atoms with Crippen molar-refractivity contribution >= 4 is 28.9 Å². The molecule has 0 fully saturated rings. The lowest BCUT2D eigenvalue weighted by atomic mass is 10.4. The summed E-state index contributed by atoms with van der Waals surface area (Å²) in [6.45, 7) is 0. The summed E-state index contributed by atoms with van der Waals surface area (Å²) in [6.07, 6.45) is 1.27. The molecule has 60 valence electrons. The Morgan fingerprint density at radius 3 is 2.64 bits per heavy atom. The van der Waals surface area contributed by atoms with Gasteiger partial charge in [-0.05, 0) is 6.07 Å². The molecule has 0 amide bonds. The van der Waals surface area contributed by atoms with E-state index < -0.39 is 0 Å². The lowest BCUT2D eigenvalue weighted by Crippen LogP contribution is -2.07. The second kappa shape index (κ2) is 3.23. The Labute approximate surface area is 72.5 Å². The van der Waals surface area contributed by atoms with E-state index in [1.54, 1.807) is 0 Å². The third-order valence-electron chi connectivity index (χ3n) is 0.993. The molecule has 0 bridgehead atoms. The van der Waals surface area contributed by atoms with Crippen molar-refractivity contribution < 1.29 is 5.21 Å². The zero-order valence-corrected chi connectivity index (χ0v) is 6.67. The maximum atomic E-state index is 10.3. The van der Waals surface area contributed by atoms with E-state index >= 15 is 0 Å². The number of halogens is 2. The minimum atomic E-state index is -0.388. The average Bonchev–Trinajstić information content (AvgIpc) is 1.94. The van der Waals surface area contributed by atoms with Crippen molar-refractivity contribution in [1.82, 2.24) is 4.98 Å². The van der Waals surface area contributed by atoms with Gasteiger partial charge in [0.25, 0.3) is 0 Å². The van der Waals surface area contributed by atoms with Gasteiger partial charge in [-0.2, -0.15) is 0 Å². The van der Waals surface area contributed by atoms with Crippen LogP contribution in [0.2, 0.25) is 10.2 Å². The molecule has 1 rings (SSSR count). The number of pyridine rings is 1. The number of nitrogens with zero attached hydrogens (tertiary/aromatic N) is 2. The van der Waals surface area contributed by atoms with Crippen LogP contribution < -0.4 is 5.23 Å². The van der Waals surface area contributed by atoms with Crippen LogP contribution in [0.5, 0.6) is 0 Å². The maximum absolute atomic E-state index is 10.3. The first kappa shape index (κ1) is 8.55. The quantitative estimate of drug-likeness (QED) is 0.549. The van der Waals surface area contributed by atoms with Crippen LogP contribution in [0.1, 0.15) is 0 Å². The van der Waals surface area contributed by atoms with Crippen LogP contribution in [-0.2, 0) is 0 Å². The van der Waals surface area contributed by atoms with Gasteiger partial charge in [0, 0.05) is 6.20 Å². The Kier molecular flexibility index (Phi) is 2.51. The monoisotopic (exact) mass is 193 g/mol. The fourth-order valence-electron chi connectivity index (χ4n) is 0.546. The minimum Gasteiger partial charge on any atom is -0.733 e. The molecule has 1 N–H and O–H groups in total. The van der Waals surface area contributed by atoms with Gasteiger partial charge in [0.2, 0.25) is 0 Å². The number of anilines is 1. The van der Waals surface area contributed by atoms with Crippen LogP contribution in [0.25, 0.3) is 0 Å². The third-order valence-corrected chi connectivity index (χ3v) is 1.49. The predicted octanol–water partition coefficient (Wildman–Crippen LogP) is 2.08. The first-order chi connectivity index (χ1) is 5.11. The van der Waals surface area contributed by atoms with Crippen molar-refractivity contribution in [2.24, 2.45) is 0 Å². The highest BCUT2D eigenvalue weighted by molar-refractivity contribution is 6.34. The predicted molar refractivity (Wildman–Crippen MR) is 41.9 cm³/mol. The van der Waals surface area contributed by atoms with Gasteiger partial charge in [-0.3, -0.25) is 5.21 Å². The summed E-state index contributed by atoms with van der Waals surface area (Å²) in [4.78, 5) is 3.53. The van der Waals surface area contributed by atoms with E-state index in [2.05, 4.69) is 4.98 Å². The van der Waals surface area contributed by atoms with Gasteiger partial charge in [0.1, 0.15) is 0 Å². The van der Waals surface area contributed by atoms with Gasteiger partial charge in [-0.25, -0.2) is 4.98 Å². The number of hydrogen-bond donors (Lipinski definition) is 1. The minimum absolute atomic E-state index is 0.0908. The average molecular weight is 194 g/mol. The lowest BCUT2D eigenvalue weighted by Gasteiger charge is -2.21. The Bertz CT molecular complexity index is 267. The van der Waals surface area contributed by atoms with Crippen molar-refractivity contribution in [2.45, 2.75) is 0 Å². The van der Waals surface area contributed by atoms with Crippen LogP contribution in [0.3, 0.4) is 0 Å². The zero-order valence-electron chi connectivity index (χ0n) is 5.16. The van der Waals surface area contributed by atoms with Gasteiger partial charge in [-0.15, -0.1) is 0 Å². The summed E-state index contributed by atoms with van der Waals surface area (Å²) in [5.74, 6) is 0. The van der Waals surface area contributed by atoms with Crippen molar-refractivity contribution in [3.05, 3.63) is 27.6 Å². The molecule has 0 spiro atoms. The molecule has 0 saturated heterocycles.